The summed E-state index contributed by atoms with van der Waals surface area (Å²) >= 11 is 0. The van der Waals surface area contributed by atoms with Crippen LogP contribution in [-0.2, 0) is 0 Å². The highest BCUT2D eigenvalue weighted by Crippen LogP contribution is 2.40. The van der Waals surface area contributed by atoms with Gasteiger partial charge >= 0.3 is 0 Å². The van der Waals surface area contributed by atoms with Crippen LogP contribution in [0, 0.1) is 0 Å². The van der Waals surface area contributed by atoms with Gasteiger partial charge < -0.3 is 19.1 Å². The first-order valence-electron chi connectivity index (χ1n) is 9.42. The summed E-state index contributed by atoms with van der Waals surface area (Å²) in [5.74, 6) is 1.74. The summed E-state index contributed by atoms with van der Waals surface area (Å²) in [5.41, 5.74) is 0.593. The van der Waals surface area contributed by atoms with Gasteiger partial charge in [-0.15, -0.1) is 0 Å². The Hall–Kier alpha value is -1.91. The highest BCUT2D eigenvalue weighted by molar-refractivity contribution is 5.96. The van der Waals surface area contributed by atoms with Crippen LogP contribution in [0.2, 0.25) is 0 Å². The van der Waals surface area contributed by atoms with Gasteiger partial charge in [0, 0.05) is 17.6 Å². The van der Waals surface area contributed by atoms with Crippen LogP contribution in [0.4, 0.5) is 0 Å². The summed E-state index contributed by atoms with van der Waals surface area (Å²) in [6, 6.07) is 4.06. The van der Waals surface area contributed by atoms with Crippen LogP contribution >= 0.6 is 0 Å². The number of hydrogen-bond donors (Lipinski definition) is 0. The van der Waals surface area contributed by atoms with Crippen molar-refractivity contribution in [2.75, 3.05) is 19.8 Å². The molecule has 0 spiro atoms. The number of likely N-dealkylation sites (tertiary alicyclic amines) is 1. The van der Waals surface area contributed by atoms with Crippen molar-refractivity contribution in [2.45, 2.75) is 66.0 Å². The van der Waals surface area contributed by atoms with E-state index in [0.717, 1.165) is 12.8 Å². The third-order valence-corrected chi connectivity index (χ3v) is 4.58. The van der Waals surface area contributed by atoms with E-state index >= 15 is 0 Å². The zero-order valence-corrected chi connectivity index (χ0v) is 16.1. The molecule has 1 aliphatic heterocycles. The Morgan fingerprint density at radius 3 is 1.88 bits per heavy atom. The molecule has 5 nitrogen and oxygen atoms in total. The zero-order valence-electron chi connectivity index (χ0n) is 16.1. The lowest BCUT2D eigenvalue weighted by Gasteiger charge is -2.39. The second-order valence-electron chi connectivity index (χ2n) is 6.44. The lowest BCUT2D eigenvalue weighted by atomic mass is 9.96. The van der Waals surface area contributed by atoms with Crippen LogP contribution in [0.3, 0.4) is 0 Å². The van der Waals surface area contributed by atoms with Crippen molar-refractivity contribution in [3.63, 3.8) is 0 Å². The van der Waals surface area contributed by atoms with Crippen molar-refractivity contribution in [3.8, 4) is 17.2 Å². The Morgan fingerprint density at radius 1 is 0.960 bits per heavy atom. The van der Waals surface area contributed by atoms with Gasteiger partial charge in [-0.05, 0) is 66.0 Å². The molecule has 0 bridgehead atoms. The SMILES string of the molecule is CCOc1cc(C(=O)N2[C@H](C)CCC[C@H]2C)cc(OCC)c1OCC. The monoisotopic (exact) mass is 349 g/mol. The van der Waals surface area contributed by atoms with Gasteiger partial charge in [0.25, 0.3) is 5.91 Å². The average Bonchev–Trinajstić information content (AvgIpc) is 2.57. The third kappa shape index (κ3) is 4.39. The molecule has 5 heteroatoms. The van der Waals surface area contributed by atoms with E-state index in [4.69, 9.17) is 14.2 Å². The lowest BCUT2D eigenvalue weighted by Crippen LogP contribution is -2.47. The summed E-state index contributed by atoms with van der Waals surface area (Å²) in [5, 5.41) is 0. The van der Waals surface area contributed by atoms with Crippen molar-refractivity contribution < 1.29 is 19.0 Å². The zero-order chi connectivity index (χ0) is 18.4. The molecule has 1 aliphatic rings. The van der Waals surface area contributed by atoms with Crippen LogP contribution < -0.4 is 14.2 Å². The van der Waals surface area contributed by atoms with Gasteiger partial charge in [-0.2, -0.15) is 0 Å². The van der Waals surface area contributed by atoms with E-state index in [-0.39, 0.29) is 18.0 Å². The van der Waals surface area contributed by atoms with Gasteiger partial charge in [0.2, 0.25) is 5.75 Å². The first kappa shape index (κ1) is 19.4. The smallest absolute Gasteiger partial charge is 0.254 e. The Morgan fingerprint density at radius 2 is 1.44 bits per heavy atom. The second-order valence-corrected chi connectivity index (χ2v) is 6.44. The molecule has 0 unspecified atom stereocenters. The molecule has 0 N–H and O–H groups in total. The minimum absolute atomic E-state index is 0.0321. The molecule has 25 heavy (non-hydrogen) atoms. The maximum absolute atomic E-state index is 13.2. The molecule has 140 valence electrons. The van der Waals surface area contributed by atoms with Gasteiger partial charge in [-0.25, -0.2) is 0 Å². The number of hydrogen-bond acceptors (Lipinski definition) is 4. The molecular formula is C20H31NO4. The normalized spacial score (nSPS) is 20.3. The molecular weight excluding hydrogens is 318 g/mol. The number of carbonyl (C=O) groups excluding carboxylic acids is 1. The number of benzene rings is 1. The van der Waals surface area contributed by atoms with E-state index in [1.807, 2.05) is 25.7 Å². The van der Waals surface area contributed by atoms with Gasteiger partial charge in [-0.3, -0.25) is 4.79 Å². The lowest BCUT2D eigenvalue weighted by molar-refractivity contribution is 0.0509. The predicted octanol–water partition coefficient (Wildman–Crippen LogP) is 4.29. The number of amides is 1. The van der Waals surface area contributed by atoms with Gasteiger partial charge in [0.05, 0.1) is 19.8 Å². The number of carbonyl (C=O) groups is 1. The van der Waals surface area contributed by atoms with Crippen LogP contribution in [0.5, 0.6) is 17.2 Å². The second kappa shape index (κ2) is 8.97. The average molecular weight is 349 g/mol. The molecule has 1 aromatic rings. The molecule has 1 fully saturated rings. The van der Waals surface area contributed by atoms with Crippen LogP contribution in [0.15, 0.2) is 12.1 Å². The number of nitrogens with zero attached hydrogens (tertiary/aromatic N) is 1. The first-order valence-corrected chi connectivity index (χ1v) is 9.42. The van der Waals surface area contributed by atoms with Crippen LogP contribution in [0.25, 0.3) is 0 Å². The van der Waals surface area contributed by atoms with Gasteiger partial charge in [0.15, 0.2) is 11.5 Å². The van der Waals surface area contributed by atoms with Crippen molar-refractivity contribution in [2.24, 2.45) is 0 Å². The molecule has 0 radical (unpaired) electrons. The third-order valence-electron chi connectivity index (χ3n) is 4.58. The van der Waals surface area contributed by atoms with Crippen molar-refractivity contribution in [1.82, 2.24) is 4.90 Å². The quantitative estimate of drug-likeness (QED) is 0.737. The summed E-state index contributed by atoms with van der Waals surface area (Å²) in [4.78, 5) is 15.2. The van der Waals surface area contributed by atoms with Gasteiger partial charge in [0.1, 0.15) is 0 Å². The van der Waals surface area contributed by atoms with Crippen LogP contribution in [-0.4, -0.2) is 42.7 Å². The molecule has 0 saturated carbocycles. The predicted molar refractivity (Wildman–Crippen MR) is 98.9 cm³/mol. The number of piperidine rings is 1. The highest BCUT2D eigenvalue weighted by Gasteiger charge is 2.31. The topological polar surface area (TPSA) is 48.0 Å². The summed E-state index contributed by atoms with van der Waals surface area (Å²) < 4.78 is 17.2. The molecule has 0 aliphatic carbocycles. The minimum Gasteiger partial charge on any atom is -0.490 e. The molecule has 1 amide bonds. The molecule has 1 heterocycles. The Labute approximate surface area is 151 Å². The number of ether oxygens (including phenoxy) is 3. The fourth-order valence-corrected chi connectivity index (χ4v) is 3.48. The molecule has 2 atom stereocenters. The maximum atomic E-state index is 13.2. The first-order chi connectivity index (χ1) is 12.0. The highest BCUT2D eigenvalue weighted by atomic mass is 16.5. The van der Waals surface area contributed by atoms with E-state index in [2.05, 4.69) is 13.8 Å². The maximum Gasteiger partial charge on any atom is 0.254 e. The summed E-state index contributed by atoms with van der Waals surface area (Å²) in [7, 11) is 0. The van der Waals surface area contributed by atoms with E-state index in [1.54, 1.807) is 12.1 Å². The van der Waals surface area contributed by atoms with Crippen molar-refractivity contribution in [3.05, 3.63) is 17.7 Å². The van der Waals surface area contributed by atoms with Crippen molar-refractivity contribution >= 4 is 5.91 Å². The minimum atomic E-state index is 0.0321. The van der Waals surface area contributed by atoms with Crippen molar-refractivity contribution in [1.29, 1.82) is 0 Å². The Balaban J connectivity index is 2.43. The van der Waals surface area contributed by atoms with E-state index < -0.39 is 0 Å². The molecule has 1 saturated heterocycles. The molecule has 1 aromatic carbocycles. The summed E-state index contributed by atoms with van der Waals surface area (Å²) in [6.45, 7) is 11.5. The van der Waals surface area contributed by atoms with Gasteiger partial charge in [-0.1, -0.05) is 0 Å². The fraction of sp³-hybridized carbons (Fsp3) is 0.650. The Bertz CT molecular complexity index is 550. The number of rotatable bonds is 7. The fourth-order valence-electron chi connectivity index (χ4n) is 3.48. The molecule has 0 aromatic heterocycles. The Kier molecular flexibility index (Phi) is 6.97. The van der Waals surface area contributed by atoms with E-state index in [1.165, 1.54) is 6.42 Å². The standard InChI is InChI=1S/C20H31NO4/c1-6-23-17-12-16(13-18(24-7-2)19(17)25-8-3)20(22)21-14(4)10-9-11-15(21)5/h12-15H,6-11H2,1-5H3/t14-,15-/m1/s1. The van der Waals surface area contributed by atoms with E-state index in [0.29, 0.717) is 42.6 Å². The largest absolute Gasteiger partial charge is 0.490 e. The van der Waals surface area contributed by atoms with Crippen LogP contribution in [0.1, 0.15) is 64.2 Å². The molecule has 2 rings (SSSR count). The van der Waals surface area contributed by atoms with E-state index in [9.17, 15) is 4.79 Å². The summed E-state index contributed by atoms with van der Waals surface area (Å²) in [6.07, 6.45) is 3.26.